The van der Waals surface area contributed by atoms with Crippen molar-refractivity contribution in [1.29, 1.82) is 5.26 Å². The highest BCUT2D eigenvalue weighted by Crippen LogP contribution is 2.20. The van der Waals surface area contributed by atoms with Crippen LogP contribution in [0.3, 0.4) is 0 Å². The molecule has 108 valence electrons. The highest BCUT2D eigenvalue weighted by Gasteiger charge is 2.06. The lowest BCUT2D eigenvalue weighted by Crippen LogP contribution is -2.17. The van der Waals surface area contributed by atoms with Gasteiger partial charge in [-0.25, -0.2) is 0 Å². The SMILES string of the molecule is COc1ccc(CN(C)Cc2ccc(N)cc2)cc1C#N. The van der Waals surface area contributed by atoms with Crippen LogP contribution in [0.2, 0.25) is 0 Å². The molecule has 0 saturated carbocycles. The normalized spacial score (nSPS) is 10.4. The summed E-state index contributed by atoms with van der Waals surface area (Å²) >= 11 is 0. The van der Waals surface area contributed by atoms with Gasteiger partial charge in [-0.1, -0.05) is 18.2 Å². The van der Waals surface area contributed by atoms with Crippen molar-refractivity contribution in [3.8, 4) is 11.8 Å². The Bertz CT molecular complexity index is 644. The van der Waals surface area contributed by atoms with E-state index < -0.39 is 0 Å². The first-order valence-corrected chi connectivity index (χ1v) is 6.72. The first-order chi connectivity index (χ1) is 10.1. The second kappa shape index (κ2) is 6.78. The van der Waals surface area contributed by atoms with Crippen molar-refractivity contribution in [2.24, 2.45) is 0 Å². The molecule has 0 aromatic heterocycles. The van der Waals surface area contributed by atoms with Crippen LogP contribution in [0.1, 0.15) is 16.7 Å². The van der Waals surface area contributed by atoms with E-state index in [-0.39, 0.29) is 0 Å². The van der Waals surface area contributed by atoms with Gasteiger partial charge in [-0.05, 0) is 42.4 Å². The van der Waals surface area contributed by atoms with Crippen molar-refractivity contribution < 1.29 is 4.74 Å². The standard InChI is InChI=1S/C17H19N3O/c1-20(11-13-3-6-16(19)7-4-13)12-14-5-8-17(21-2)15(9-14)10-18/h3-9H,11-12,19H2,1-2H3. The molecule has 2 aromatic carbocycles. The molecule has 0 aliphatic carbocycles. The Labute approximate surface area is 125 Å². The van der Waals surface area contributed by atoms with Crippen molar-refractivity contribution in [2.45, 2.75) is 13.1 Å². The number of nitrogens with zero attached hydrogens (tertiary/aromatic N) is 2. The molecule has 0 aliphatic rings. The van der Waals surface area contributed by atoms with Gasteiger partial charge >= 0.3 is 0 Å². The van der Waals surface area contributed by atoms with Gasteiger partial charge in [0.15, 0.2) is 0 Å². The topological polar surface area (TPSA) is 62.3 Å². The fourth-order valence-corrected chi connectivity index (χ4v) is 2.24. The van der Waals surface area contributed by atoms with E-state index >= 15 is 0 Å². The number of ether oxygens (including phenoxy) is 1. The van der Waals surface area contributed by atoms with E-state index in [1.54, 1.807) is 7.11 Å². The molecule has 2 rings (SSSR count). The first-order valence-electron chi connectivity index (χ1n) is 6.72. The molecule has 0 saturated heterocycles. The molecule has 0 heterocycles. The van der Waals surface area contributed by atoms with Crippen LogP contribution in [0.4, 0.5) is 5.69 Å². The molecular weight excluding hydrogens is 262 g/mol. The first kappa shape index (κ1) is 14.9. The van der Waals surface area contributed by atoms with Gasteiger partial charge in [0, 0.05) is 18.8 Å². The van der Waals surface area contributed by atoms with Gasteiger partial charge in [-0.3, -0.25) is 4.90 Å². The zero-order valence-electron chi connectivity index (χ0n) is 12.3. The fraction of sp³-hybridized carbons (Fsp3) is 0.235. The molecule has 0 atom stereocenters. The third kappa shape index (κ3) is 3.98. The van der Waals surface area contributed by atoms with Crippen LogP contribution in [0.25, 0.3) is 0 Å². The molecule has 4 nitrogen and oxygen atoms in total. The van der Waals surface area contributed by atoms with Gasteiger partial charge in [0.1, 0.15) is 11.8 Å². The molecule has 4 heteroatoms. The molecule has 0 bridgehead atoms. The molecule has 2 N–H and O–H groups in total. The lowest BCUT2D eigenvalue weighted by Gasteiger charge is -2.17. The number of anilines is 1. The lowest BCUT2D eigenvalue weighted by atomic mass is 10.1. The van der Waals surface area contributed by atoms with Crippen molar-refractivity contribution in [3.05, 3.63) is 59.2 Å². The highest BCUT2D eigenvalue weighted by atomic mass is 16.5. The Hall–Kier alpha value is -2.51. The zero-order chi connectivity index (χ0) is 15.2. The van der Waals surface area contributed by atoms with Crippen LogP contribution >= 0.6 is 0 Å². The minimum absolute atomic E-state index is 0.566. The molecule has 21 heavy (non-hydrogen) atoms. The summed E-state index contributed by atoms with van der Waals surface area (Å²) < 4.78 is 5.16. The highest BCUT2D eigenvalue weighted by molar-refractivity contribution is 5.45. The van der Waals surface area contributed by atoms with E-state index in [0.717, 1.165) is 24.3 Å². The number of nitrogen functional groups attached to an aromatic ring is 1. The van der Waals surface area contributed by atoms with Gasteiger partial charge in [0.05, 0.1) is 12.7 Å². The molecule has 0 radical (unpaired) electrons. The summed E-state index contributed by atoms with van der Waals surface area (Å²) in [4.78, 5) is 2.19. The van der Waals surface area contributed by atoms with Gasteiger partial charge < -0.3 is 10.5 Å². The van der Waals surface area contributed by atoms with Crippen LogP contribution in [0.5, 0.6) is 5.75 Å². The molecule has 0 fully saturated rings. The van der Waals surface area contributed by atoms with Crippen molar-refractivity contribution in [2.75, 3.05) is 19.9 Å². The number of nitrogens with two attached hydrogens (primary N) is 1. The largest absolute Gasteiger partial charge is 0.495 e. The van der Waals surface area contributed by atoms with Gasteiger partial charge in [0.25, 0.3) is 0 Å². The van der Waals surface area contributed by atoms with Gasteiger partial charge in [-0.2, -0.15) is 5.26 Å². The summed E-state index contributed by atoms with van der Waals surface area (Å²) in [5.74, 6) is 0.613. The van der Waals surface area contributed by atoms with Crippen LogP contribution in [-0.4, -0.2) is 19.1 Å². The number of nitriles is 1. The van der Waals surface area contributed by atoms with Gasteiger partial charge in [-0.15, -0.1) is 0 Å². The Balaban J connectivity index is 2.04. The number of hydrogen-bond acceptors (Lipinski definition) is 4. The second-order valence-electron chi connectivity index (χ2n) is 5.06. The third-order valence-electron chi connectivity index (χ3n) is 3.27. The Morgan fingerprint density at radius 1 is 1.10 bits per heavy atom. The van der Waals surface area contributed by atoms with Crippen LogP contribution in [-0.2, 0) is 13.1 Å². The van der Waals surface area contributed by atoms with E-state index in [9.17, 15) is 0 Å². The molecule has 0 aliphatic heterocycles. The monoisotopic (exact) mass is 281 g/mol. The van der Waals surface area contributed by atoms with Crippen molar-refractivity contribution in [1.82, 2.24) is 4.90 Å². The summed E-state index contributed by atoms with van der Waals surface area (Å²) in [5.41, 5.74) is 9.32. The second-order valence-corrected chi connectivity index (χ2v) is 5.06. The minimum Gasteiger partial charge on any atom is -0.495 e. The molecular formula is C17H19N3O. The molecule has 0 spiro atoms. The van der Waals surface area contributed by atoms with Crippen LogP contribution < -0.4 is 10.5 Å². The van der Waals surface area contributed by atoms with E-state index in [2.05, 4.69) is 11.0 Å². The van der Waals surface area contributed by atoms with Crippen LogP contribution in [0, 0.1) is 11.3 Å². The predicted molar refractivity (Wildman–Crippen MR) is 83.7 cm³/mol. The summed E-state index contributed by atoms with van der Waals surface area (Å²) in [6, 6.07) is 15.7. The van der Waals surface area contributed by atoms with Crippen LogP contribution in [0.15, 0.2) is 42.5 Å². The van der Waals surface area contributed by atoms with E-state index in [1.165, 1.54) is 5.56 Å². The Morgan fingerprint density at radius 3 is 2.33 bits per heavy atom. The summed E-state index contributed by atoms with van der Waals surface area (Å²) in [6.07, 6.45) is 0. The molecule has 0 amide bonds. The van der Waals surface area contributed by atoms with E-state index in [0.29, 0.717) is 11.3 Å². The summed E-state index contributed by atoms with van der Waals surface area (Å²) in [7, 11) is 3.62. The number of hydrogen-bond donors (Lipinski definition) is 1. The number of benzene rings is 2. The lowest BCUT2D eigenvalue weighted by molar-refractivity contribution is 0.319. The maximum Gasteiger partial charge on any atom is 0.136 e. The quantitative estimate of drug-likeness (QED) is 0.856. The number of rotatable bonds is 5. The maximum absolute atomic E-state index is 9.11. The van der Waals surface area contributed by atoms with Crippen molar-refractivity contribution in [3.63, 3.8) is 0 Å². The van der Waals surface area contributed by atoms with E-state index in [4.69, 9.17) is 15.7 Å². The molecule has 2 aromatic rings. The number of methoxy groups -OCH3 is 1. The van der Waals surface area contributed by atoms with E-state index in [1.807, 2.05) is 49.5 Å². The summed E-state index contributed by atoms with van der Waals surface area (Å²) in [5, 5.41) is 9.11. The predicted octanol–water partition coefficient (Wildman–Crippen LogP) is 2.78. The Kier molecular flexibility index (Phi) is 4.81. The fourth-order valence-electron chi connectivity index (χ4n) is 2.24. The average Bonchev–Trinajstić information content (AvgIpc) is 2.49. The maximum atomic E-state index is 9.11. The average molecular weight is 281 g/mol. The molecule has 0 unspecified atom stereocenters. The van der Waals surface area contributed by atoms with Gasteiger partial charge in [0.2, 0.25) is 0 Å². The minimum atomic E-state index is 0.566. The zero-order valence-corrected chi connectivity index (χ0v) is 12.3. The smallest absolute Gasteiger partial charge is 0.136 e. The van der Waals surface area contributed by atoms with Crippen molar-refractivity contribution >= 4 is 5.69 Å². The summed E-state index contributed by atoms with van der Waals surface area (Å²) in [6.45, 7) is 1.59. The third-order valence-corrected chi connectivity index (χ3v) is 3.27. The Morgan fingerprint density at radius 2 is 1.71 bits per heavy atom.